The molecule has 0 saturated heterocycles. The summed E-state index contributed by atoms with van der Waals surface area (Å²) in [5.74, 6) is -0.445. The van der Waals surface area contributed by atoms with E-state index >= 15 is 0 Å². The molecular formula is C11H10N2O3S. The van der Waals surface area contributed by atoms with E-state index in [0.29, 0.717) is 28.4 Å². The molecule has 0 unspecified atom stereocenters. The summed E-state index contributed by atoms with van der Waals surface area (Å²) in [6, 6.07) is 3.55. The maximum Gasteiger partial charge on any atom is 0.350 e. The summed E-state index contributed by atoms with van der Waals surface area (Å²) in [7, 11) is 0. The molecule has 1 amide bonds. The molecule has 2 aromatic heterocycles. The Bertz CT molecular complexity index is 565. The lowest BCUT2D eigenvalue weighted by molar-refractivity contribution is -0.105. The molecule has 0 bridgehead atoms. The first-order valence-electron chi connectivity index (χ1n) is 5.02. The molecule has 0 radical (unpaired) electrons. The number of hydrogen-bond donors (Lipinski definition) is 1. The minimum Gasteiger partial charge on any atom is -0.462 e. The van der Waals surface area contributed by atoms with Gasteiger partial charge in [0, 0.05) is 11.6 Å². The lowest BCUT2D eigenvalue weighted by atomic mass is 10.2. The molecule has 0 fully saturated rings. The van der Waals surface area contributed by atoms with Crippen LogP contribution < -0.4 is 5.32 Å². The summed E-state index contributed by atoms with van der Waals surface area (Å²) in [4.78, 5) is 27.5. The Morgan fingerprint density at radius 1 is 1.65 bits per heavy atom. The van der Waals surface area contributed by atoms with Crippen LogP contribution in [0.1, 0.15) is 16.6 Å². The van der Waals surface area contributed by atoms with Crippen LogP contribution in [0.15, 0.2) is 18.3 Å². The molecule has 17 heavy (non-hydrogen) atoms. The van der Waals surface area contributed by atoms with Crippen molar-refractivity contribution in [1.29, 1.82) is 0 Å². The first-order chi connectivity index (χ1) is 8.27. The van der Waals surface area contributed by atoms with Crippen LogP contribution in [0, 0.1) is 0 Å². The van der Waals surface area contributed by atoms with Crippen LogP contribution in [0.25, 0.3) is 10.2 Å². The highest BCUT2D eigenvalue weighted by atomic mass is 32.1. The number of amides is 1. The van der Waals surface area contributed by atoms with E-state index in [1.165, 1.54) is 11.3 Å². The predicted octanol–water partition coefficient (Wildman–Crippen LogP) is 2.04. The Morgan fingerprint density at radius 3 is 3.18 bits per heavy atom. The molecule has 0 aliphatic heterocycles. The van der Waals surface area contributed by atoms with Gasteiger partial charge in [-0.15, -0.1) is 11.3 Å². The summed E-state index contributed by atoms with van der Waals surface area (Å²) in [5.41, 5.74) is 0.464. The topological polar surface area (TPSA) is 68.3 Å². The van der Waals surface area contributed by atoms with Crippen molar-refractivity contribution in [3.63, 3.8) is 0 Å². The van der Waals surface area contributed by atoms with Crippen molar-refractivity contribution in [1.82, 2.24) is 4.98 Å². The zero-order valence-electron chi connectivity index (χ0n) is 9.10. The summed E-state index contributed by atoms with van der Waals surface area (Å²) in [6.45, 7) is 2.03. The smallest absolute Gasteiger partial charge is 0.350 e. The van der Waals surface area contributed by atoms with Gasteiger partial charge in [-0.1, -0.05) is 0 Å². The molecular weight excluding hydrogens is 240 g/mol. The van der Waals surface area contributed by atoms with E-state index in [9.17, 15) is 9.59 Å². The first kappa shape index (κ1) is 11.5. The SMILES string of the molecule is CCOC(=O)c1sc2ncccc2c1NC=O. The van der Waals surface area contributed by atoms with Gasteiger partial charge in [-0.3, -0.25) is 4.79 Å². The number of esters is 1. The summed E-state index contributed by atoms with van der Waals surface area (Å²) >= 11 is 1.20. The van der Waals surface area contributed by atoms with Crippen molar-refractivity contribution in [2.45, 2.75) is 6.92 Å². The Kier molecular flexibility index (Phi) is 3.34. The molecule has 0 spiro atoms. The molecule has 6 heteroatoms. The number of aromatic nitrogens is 1. The Balaban J connectivity index is 2.56. The number of hydrogen-bond acceptors (Lipinski definition) is 5. The van der Waals surface area contributed by atoms with Crippen LogP contribution >= 0.6 is 11.3 Å². The van der Waals surface area contributed by atoms with Crippen molar-refractivity contribution in [3.8, 4) is 0 Å². The number of pyridine rings is 1. The Labute approximate surface area is 101 Å². The van der Waals surface area contributed by atoms with E-state index in [-0.39, 0.29) is 0 Å². The molecule has 2 heterocycles. The van der Waals surface area contributed by atoms with Crippen LogP contribution in [0.4, 0.5) is 5.69 Å². The van der Waals surface area contributed by atoms with Crippen molar-refractivity contribution in [2.24, 2.45) is 0 Å². The van der Waals surface area contributed by atoms with Gasteiger partial charge >= 0.3 is 5.97 Å². The van der Waals surface area contributed by atoms with Gasteiger partial charge < -0.3 is 10.1 Å². The summed E-state index contributed by atoms with van der Waals surface area (Å²) in [5, 5.41) is 3.27. The van der Waals surface area contributed by atoms with Crippen molar-refractivity contribution < 1.29 is 14.3 Å². The zero-order chi connectivity index (χ0) is 12.3. The second kappa shape index (κ2) is 4.92. The quantitative estimate of drug-likeness (QED) is 0.666. The fourth-order valence-electron chi connectivity index (χ4n) is 1.48. The highest BCUT2D eigenvalue weighted by molar-refractivity contribution is 7.21. The largest absolute Gasteiger partial charge is 0.462 e. The highest BCUT2D eigenvalue weighted by Gasteiger charge is 2.19. The Hall–Kier alpha value is -1.95. The van der Waals surface area contributed by atoms with Gasteiger partial charge in [0.05, 0.1) is 12.3 Å². The second-order valence-electron chi connectivity index (χ2n) is 3.14. The van der Waals surface area contributed by atoms with E-state index < -0.39 is 5.97 Å². The highest BCUT2D eigenvalue weighted by Crippen LogP contribution is 2.34. The lowest BCUT2D eigenvalue weighted by Gasteiger charge is -2.02. The minimum absolute atomic E-state index is 0.293. The number of nitrogens with one attached hydrogen (secondary N) is 1. The van der Waals surface area contributed by atoms with Crippen LogP contribution in [-0.4, -0.2) is 24.0 Å². The first-order valence-corrected chi connectivity index (χ1v) is 5.84. The average Bonchev–Trinajstić information content (AvgIpc) is 2.70. The molecule has 88 valence electrons. The van der Waals surface area contributed by atoms with E-state index in [1.807, 2.05) is 0 Å². The third-order valence-electron chi connectivity index (χ3n) is 2.13. The van der Waals surface area contributed by atoms with E-state index in [2.05, 4.69) is 10.3 Å². The van der Waals surface area contributed by atoms with Crippen LogP contribution in [-0.2, 0) is 9.53 Å². The van der Waals surface area contributed by atoms with Gasteiger partial charge in [-0.05, 0) is 19.1 Å². The van der Waals surface area contributed by atoms with Gasteiger partial charge in [0.2, 0.25) is 6.41 Å². The number of carbonyl (C=O) groups is 2. The van der Waals surface area contributed by atoms with Crippen molar-refractivity contribution in [2.75, 3.05) is 11.9 Å². The fourth-order valence-corrected chi connectivity index (χ4v) is 2.48. The molecule has 2 aromatic rings. The van der Waals surface area contributed by atoms with Crippen LogP contribution in [0.5, 0.6) is 0 Å². The van der Waals surface area contributed by atoms with Gasteiger partial charge in [0.15, 0.2) is 0 Å². The number of ether oxygens (including phenoxy) is 1. The molecule has 0 atom stereocenters. The van der Waals surface area contributed by atoms with Gasteiger partial charge in [-0.25, -0.2) is 9.78 Å². The van der Waals surface area contributed by atoms with E-state index in [4.69, 9.17) is 4.74 Å². The predicted molar refractivity (Wildman–Crippen MR) is 65.3 cm³/mol. The third-order valence-corrected chi connectivity index (χ3v) is 3.22. The molecule has 0 aliphatic rings. The molecule has 0 saturated carbocycles. The molecule has 1 N–H and O–H groups in total. The maximum atomic E-state index is 11.7. The number of rotatable bonds is 4. The number of carbonyl (C=O) groups excluding carboxylic acids is 2. The van der Waals surface area contributed by atoms with Crippen molar-refractivity contribution in [3.05, 3.63) is 23.2 Å². The lowest BCUT2D eigenvalue weighted by Crippen LogP contribution is -2.06. The van der Waals surface area contributed by atoms with Gasteiger partial charge in [-0.2, -0.15) is 0 Å². The normalized spacial score (nSPS) is 10.2. The van der Waals surface area contributed by atoms with Crippen molar-refractivity contribution >= 4 is 39.6 Å². The molecule has 5 nitrogen and oxygen atoms in total. The van der Waals surface area contributed by atoms with Gasteiger partial charge in [0.1, 0.15) is 9.71 Å². The molecule has 0 aromatic carbocycles. The minimum atomic E-state index is -0.445. The zero-order valence-corrected chi connectivity index (χ0v) is 9.91. The number of thiophene rings is 1. The number of nitrogens with zero attached hydrogens (tertiary/aromatic N) is 1. The van der Waals surface area contributed by atoms with Crippen LogP contribution in [0.3, 0.4) is 0 Å². The Morgan fingerprint density at radius 2 is 2.47 bits per heavy atom. The monoisotopic (exact) mass is 250 g/mol. The van der Waals surface area contributed by atoms with Gasteiger partial charge in [0.25, 0.3) is 0 Å². The average molecular weight is 250 g/mol. The number of fused-ring (bicyclic) bond motifs is 1. The summed E-state index contributed by atoms with van der Waals surface area (Å²) < 4.78 is 4.93. The van der Waals surface area contributed by atoms with Crippen LogP contribution in [0.2, 0.25) is 0 Å². The van der Waals surface area contributed by atoms with E-state index in [1.54, 1.807) is 25.3 Å². The van der Waals surface area contributed by atoms with E-state index in [0.717, 1.165) is 5.39 Å². The number of anilines is 1. The summed E-state index contributed by atoms with van der Waals surface area (Å²) in [6.07, 6.45) is 2.18. The second-order valence-corrected chi connectivity index (χ2v) is 4.14. The fraction of sp³-hybridized carbons (Fsp3) is 0.182. The standard InChI is InChI=1S/C11H10N2O3S/c1-2-16-11(15)9-8(13-6-14)7-4-3-5-12-10(7)17-9/h3-6H,2H2,1H3,(H,13,14). The molecule has 0 aliphatic carbocycles. The third kappa shape index (κ3) is 2.12. The maximum absolute atomic E-state index is 11.7. The molecule has 2 rings (SSSR count).